The van der Waals surface area contributed by atoms with E-state index < -0.39 is 0 Å². The summed E-state index contributed by atoms with van der Waals surface area (Å²) < 4.78 is 0. The molecular weight excluding hydrogens is 342 g/mol. The maximum Gasteiger partial charge on any atom is 0.163 e. The summed E-state index contributed by atoms with van der Waals surface area (Å²) in [7, 11) is 0. The molecule has 4 aromatic rings. The number of β-amino-alcohol motifs (C(OH)–C–C–N with tert-alkyl or cyclic N) is 1. The van der Waals surface area contributed by atoms with Crippen LogP contribution in [0.5, 0.6) is 0 Å². The summed E-state index contributed by atoms with van der Waals surface area (Å²) in [6.45, 7) is 1.23. The van der Waals surface area contributed by atoms with E-state index in [0.29, 0.717) is 13.1 Å². The molecule has 1 fully saturated rings. The molecule has 4 nitrogen and oxygen atoms in total. The number of hydrogen-bond donors (Lipinski definition) is 1. The van der Waals surface area contributed by atoms with Crippen molar-refractivity contribution in [2.75, 3.05) is 18.0 Å². The van der Waals surface area contributed by atoms with E-state index >= 15 is 0 Å². The topological polar surface area (TPSA) is 49.2 Å². The molecule has 1 aliphatic rings. The quantitative estimate of drug-likeness (QED) is 0.595. The standard InChI is InChI=1S/C21H17N3OS/c25-16-11-24(12-16)20-18-17(14-7-3-1-4-8-14)13-26-21(18)23-19(22-20)15-9-5-2-6-10-15/h1-10,13,16,25H,11-12H2. The van der Waals surface area contributed by atoms with Gasteiger partial charge in [0.2, 0.25) is 0 Å². The van der Waals surface area contributed by atoms with Crippen LogP contribution < -0.4 is 4.90 Å². The van der Waals surface area contributed by atoms with E-state index in [2.05, 4.69) is 22.4 Å². The normalized spacial score (nSPS) is 14.6. The van der Waals surface area contributed by atoms with Crippen LogP contribution in [-0.4, -0.2) is 34.3 Å². The van der Waals surface area contributed by atoms with Gasteiger partial charge in [0.05, 0.1) is 11.5 Å². The lowest BCUT2D eigenvalue weighted by molar-refractivity contribution is 0.141. The highest BCUT2D eigenvalue weighted by atomic mass is 32.1. The Labute approximate surface area is 155 Å². The van der Waals surface area contributed by atoms with Crippen LogP contribution in [0.25, 0.3) is 32.7 Å². The number of thiophene rings is 1. The molecule has 128 valence electrons. The molecule has 1 aliphatic heterocycles. The van der Waals surface area contributed by atoms with Crippen molar-refractivity contribution in [2.45, 2.75) is 6.10 Å². The van der Waals surface area contributed by atoms with Crippen LogP contribution in [0.4, 0.5) is 5.82 Å². The highest BCUT2D eigenvalue weighted by Gasteiger charge is 2.29. The zero-order valence-electron chi connectivity index (χ0n) is 14.0. The lowest BCUT2D eigenvalue weighted by atomic mass is 10.0. The molecule has 0 spiro atoms. The van der Waals surface area contributed by atoms with Gasteiger partial charge >= 0.3 is 0 Å². The molecule has 5 heteroatoms. The molecule has 0 amide bonds. The van der Waals surface area contributed by atoms with Crippen LogP contribution in [0.2, 0.25) is 0 Å². The molecule has 0 radical (unpaired) electrons. The number of anilines is 1. The number of nitrogens with zero attached hydrogens (tertiary/aromatic N) is 3. The van der Waals surface area contributed by atoms with Gasteiger partial charge in [0.25, 0.3) is 0 Å². The lowest BCUT2D eigenvalue weighted by Gasteiger charge is -2.37. The molecular formula is C21H17N3OS. The molecule has 1 N–H and O–H groups in total. The van der Waals surface area contributed by atoms with Gasteiger partial charge in [0, 0.05) is 29.6 Å². The first-order valence-electron chi connectivity index (χ1n) is 8.63. The minimum atomic E-state index is -0.279. The maximum absolute atomic E-state index is 9.79. The lowest BCUT2D eigenvalue weighted by Crippen LogP contribution is -2.51. The van der Waals surface area contributed by atoms with Crippen molar-refractivity contribution in [3.8, 4) is 22.5 Å². The average Bonchev–Trinajstić information content (AvgIpc) is 3.10. The van der Waals surface area contributed by atoms with Crippen LogP contribution in [0.3, 0.4) is 0 Å². The van der Waals surface area contributed by atoms with Crippen LogP contribution in [0.1, 0.15) is 0 Å². The monoisotopic (exact) mass is 359 g/mol. The average molecular weight is 359 g/mol. The molecule has 0 unspecified atom stereocenters. The van der Waals surface area contributed by atoms with Gasteiger partial charge in [0.15, 0.2) is 5.82 Å². The van der Waals surface area contributed by atoms with Gasteiger partial charge in [-0.3, -0.25) is 0 Å². The molecule has 0 aliphatic carbocycles. The largest absolute Gasteiger partial charge is 0.389 e. The number of aliphatic hydroxyl groups is 1. The van der Waals surface area contributed by atoms with E-state index in [-0.39, 0.29) is 6.10 Å². The summed E-state index contributed by atoms with van der Waals surface area (Å²) in [5.41, 5.74) is 3.32. The molecule has 26 heavy (non-hydrogen) atoms. The van der Waals surface area contributed by atoms with Crippen LogP contribution >= 0.6 is 11.3 Å². The van der Waals surface area contributed by atoms with Crippen molar-refractivity contribution in [3.63, 3.8) is 0 Å². The van der Waals surface area contributed by atoms with E-state index in [0.717, 1.165) is 38.5 Å². The minimum absolute atomic E-state index is 0.279. The Hall–Kier alpha value is -2.76. The zero-order valence-corrected chi connectivity index (χ0v) is 14.9. The minimum Gasteiger partial charge on any atom is -0.389 e. The fourth-order valence-corrected chi connectivity index (χ4v) is 4.27. The number of benzene rings is 2. The summed E-state index contributed by atoms with van der Waals surface area (Å²) >= 11 is 1.64. The summed E-state index contributed by atoms with van der Waals surface area (Å²) in [6.07, 6.45) is -0.279. The van der Waals surface area contributed by atoms with E-state index in [9.17, 15) is 5.11 Å². The second kappa shape index (κ2) is 6.20. The third-order valence-electron chi connectivity index (χ3n) is 4.69. The predicted molar refractivity (Wildman–Crippen MR) is 107 cm³/mol. The Bertz CT molecular complexity index is 1060. The molecule has 2 aromatic carbocycles. The Morgan fingerprint density at radius 1 is 0.885 bits per heavy atom. The van der Waals surface area contributed by atoms with Gasteiger partial charge in [-0.25, -0.2) is 9.97 Å². The SMILES string of the molecule is OC1CN(c2nc(-c3ccccc3)nc3scc(-c4ccccc4)c23)C1. The first-order valence-corrected chi connectivity index (χ1v) is 9.50. The molecule has 3 heterocycles. The van der Waals surface area contributed by atoms with Crippen LogP contribution in [-0.2, 0) is 0 Å². The van der Waals surface area contributed by atoms with Gasteiger partial charge in [-0.2, -0.15) is 0 Å². The Kier molecular flexibility index (Phi) is 3.69. The van der Waals surface area contributed by atoms with Gasteiger partial charge in [0.1, 0.15) is 10.6 Å². The highest BCUT2D eigenvalue weighted by molar-refractivity contribution is 7.17. The Morgan fingerprint density at radius 2 is 1.54 bits per heavy atom. The summed E-state index contributed by atoms with van der Waals surface area (Å²) in [4.78, 5) is 12.8. The molecule has 0 atom stereocenters. The summed E-state index contributed by atoms with van der Waals surface area (Å²) in [6, 6.07) is 20.4. The van der Waals surface area contributed by atoms with Crippen molar-refractivity contribution < 1.29 is 5.11 Å². The predicted octanol–water partition coefficient (Wildman–Crippen LogP) is 4.21. The maximum atomic E-state index is 9.79. The molecule has 0 bridgehead atoms. The van der Waals surface area contributed by atoms with Crippen LogP contribution in [0, 0.1) is 0 Å². The molecule has 2 aromatic heterocycles. The van der Waals surface area contributed by atoms with Gasteiger partial charge in [-0.15, -0.1) is 11.3 Å². The number of fused-ring (bicyclic) bond motifs is 1. The van der Waals surface area contributed by atoms with Crippen molar-refractivity contribution in [3.05, 3.63) is 66.0 Å². The van der Waals surface area contributed by atoms with E-state index in [1.54, 1.807) is 11.3 Å². The second-order valence-corrected chi connectivity index (χ2v) is 7.35. The number of aliphatic hydroxyl groups excluding tert-OH is 1. The van der Waals surface area contributed by atoms with E-state index in [4.69, 9.17) is 9.97 Å². The first-order chi connectivity index (χ1) is 12.8. The van der Waals surface area contributed by atoms with Crippen molar-refractivity contribution in [1.29, 1.82) is 0 Å². The molecule has 1 saturated heterocycles. The second-order valence-electron chi connectivity index (χ2n) is 6.49. The number of hydrogen-bond acceptors (Lipinski definition) is 5. The van der Waals surface area contributed by atoms with Gasteiger partial charge < -0.3 is 10.0 Å². The Balaban J connectivity index is 1.73. The van der Waals surface area contributed by atoms with Crippen LogP contribution in [0.15, 0.2) is 66.0 Å². The first kappa shape index (κ1) is 15.5. The fourth-order valence-electron chi connectivity index (χ4n) is 3.33. The smallest absolute Gasteiger partial charge is 0.163 e. The summed E-state index contributed by atoms with van der Waals surface area (Å²) in [5.74, 6) is 1.65. The number of rotatable bonds is 3. The summed E-state index contributed by atoms with van der Waals surface area (Å²) in [5, 5.41) is 13.0. The third-order valence-corrected chi connectivity index (χ3v) is 5.57. The van der Waals surface area contributed by atoms with Crippen molar-refractivity contribution in [2.24, 2.45) is 0 Å². The Morgan fingerprint density at radius 3 is 2.19 bits per heavy atom. The molecule has 0 saturated carbocycles. The van der Waals surface area contributed by atoms with Gasteiger partial charge in [-0.1, -0.05) is 60.7 Å². The van der Waals surface area contributed by atoms with Gasteiger partial charge in [-0.05, 0) is 5.56 Å². The number of aromatic nitrogens is 2. The van der Waals surface area contributed by atoms with Crippen molar-refractivity contribution >= 4 is 27.4 Å². The third kappa shape index (κ3) is 2.57. The fraction of sp³-hybridized carbons (Fsp3) is 0.143. The highest BCUT2D eigenvalue weighted by Crippen LogP contribution is 2.40. The van der Waals surface area contributed by atoms with E-state index in [1.807, 2.05) is 48.5 Å². The zero-order chi connectivity index (χ0) is 17.5. The van der Waals surface area contributed by atoms with Crippen molar-refractivity contribution in [1.82, 2.24) is 9.97 Å². The molecule has 5 rings (SSSR count). The van der Waals surface area contributed by atoms with E-state index in [1.165, 1.54) is 0 Å².